The van der Waals surface area contributed by atoms with E-state index in [9.17, 15) is 27.5 Å². The van der Waals surface area contributed by atoms with Gasteiger partial charge >= 0.3 is 11.8 Å². The third-order valence-electron chi connectivity index (χ3n) is 3.29. The largest absolute Gasteiger partial charge is 0.383 e. The lowest BCUT2D eigenvalue weighted by atomic mass is 9.75. The maximum absolute atomic E-state index is 13.7. The van der Waals surface area contributed by atoms with Crippen LogP contribution >= 0.6 is 0 Å². The summed E-state index contributed by atoms with van der Waals surface area (Å²) in [6.45, 7) is 0. The molecule has 0 atom stereocenters. The quantitative estimate of drug-likeness (QED) is 0.587. The molecule has 0 aromatic heterocycles. The van der Waals surface area contributed by atoms with E-state index in [2.05, 4.69) is 0 Å². The van der Waals surface area contributed by atoms with Crippen LogP contribution in [0, 0.1) is 11.6 Å². The van der Waals surface area contributed by atoms with Gasteiger partial charge in [0.1, 0.15) is 11.4 Å². The molecule has 0 spiro atoms. The van der Waals surface area contributed by atoms with Crippen LogP contribution in [0.15, 0.2) is 18.2 Å². The van der Waals surface area contributed by atoms with Crippen LogP contribution < -0.4 is 10.9 Å². The van der Waals surface area contributed by atoms with Crippen molar-refractivity contribution >= 4 is 11.6 Å². The molecule has 1 amide bonds. The van der Waals surface area contributed by atoms with E-state index < -0.39 is 29.1 Å². The Bertz CT molecular complexity index is 532. The molecule has 2 rings (SSSR count). The molecule has 110 valence electrons. The monoisotopic (exact) mass is 292 g/mol. The number of rotatable bonds is 4. The zero-order chi connectivity index (χ0) is 15.0. The molecular weight excluding hydrogens is 280 g/mol. The highest BCUT2D eigenvalue weighted by Gasteiger charge is 2.61. The van der Waals surface area contributed by atoms with Crippen molar-refractivity contribution in [1.82, 2.24) is 5.43 Å². The van der Waals surface area contributed by atoms with E-state index in [0.29, 0.717) is 12.5 Å². The number of amides is 1. The van der Waals surface area contributed by atoms with Crippen molar-refractivity contribution in [3.63, 3.8) is 0 Å². The molecule has 20 heavy (non-hydrogen) atoms. The van der Waals surface area contributed by atoms with E-state index >= 15 is 0 Å². The number of carbonyl (C=O) groups excluding carboxylic acids is 1. The molecule has 1 aromatic carbocycles. The van der Waals surface area contributed by atoms with Crippen LogP contribution in [-0.4, -0.2) is 22.5 Å². The van der Waals surface area contributed by atoms with Gasteiger partial charge in [0.05, 0.1) is 5.69 Å². The van der Waals surface area contributed by atoms with Crippen molar-refractivity contribution in [2.24, 2.45) is 0 Å². The van der Waals surface area contributed by atoms with Gasteiger partial charge in [0.2, 0.25) is 0 Å². The van der Waals surface area contributed by atoms with Crippen LogP contribution in [0.2, 0.25) is 0 Å². The number of nitrogens with one attached hydrogen (secondary N) is 2. The molecule has 0 saturated heterocycles. The Morgan fingerprint density at radius 1 is 1.30 bits per heavy atom. The van der Waals surface area contributed by atoms with Crippen LogP contribution in [0.3, 0.4) is 0 Å². The molecule has 4 nitrogen and oxygen atoms in total. The summed E-state index contributed by atoms with van der Waals surface area (Å²) in [5.41, 5.74) is 0.821. The van der Waals surface area contributed by atoms with Crippen molar-refractivity contribution in [1.29, 1.82) is 0 Å². The minimum absolute atomic E-state index is 0.182. The number of aliphatic hydroxyl groups is 1. The first-order valence-corrected chi connectivity index (χ1v) is 5.88. The van der Waals surface area contributed by atoms with Crippen LogP contribution in [0.5, 0.6) is 0 Å². The Balaban J connectivity index is 2.01. The van der Waals surface area contributed by atoms with Gasteiger partial charge in [-0.3, -0.25) is 15.6 Å². The summed E-state index contributed by atoms with van der Waals surface area (Å²) in [7, 11) is 0. The predicted molar refractivity (Wildman–Crippen MR) is 61.9 cm³/mol. The average Bonchev–Trinajstić information content (AvgIpc) is 2.34. The molecule has 1 fully saturated rings. The molecule has 0 heterocycles. The van der Waals surface area contributed by atoms with E-state index in [1.54, 1.807) is 5.43 Å². The van der Waals surface area contributed by atoms with Crippen LogP contribution in [0.1, 0.15) is 19.3 Å². The third-order valence-corrected chi connectivity index (χ3v) is 3.29. The second-order valence-corrected chi connectivity index (χ2v) is 4.66. The van der Waals surface area contributed by atoms with Gasteiger partial charge in [-0.25, -0.2) is 8.78 Å². The van der Waals surface area contributed by atoms with Gasteiger partial charge in [-0.15, -0.1) is 0 Å². The normalized spacial score (nSPS) is 17.2. The Hall–Kier alpha value is -1.83. The number of halogens is 4. The zero-order valence-corrected chi connectivity index (χ0v) is 10.2. The van der Waals surface area contributed by atoms with Crippen molar-refractivity contribution in [3.8, 4) is 0 Å². The van der Waals surface area contributed by atoms with E-state index in [1.165, 1.54) is 0 Å². The fraction of sp³-hybridized carbons (Fsp3) is 0.417. The number of alkyl halides is 2. The standard InChI is InChI=1S/C12H12F4N2O2/c13-7-2-3-9(8(14)6-7)17-18-10(19)12(15,16)11(20)4-1-5-11/h2-3,6,17,20H,1,4-5H2,(H,18,19). The van der Waals surface area contributed by atoms with Crippen LogP contribution in [0.25, 0.3) is 0 Å². The van der Waals surface area contributed by atoms with E-state index in [-0.39, 0.29) is 18.5 Å². The van der Waals surface area contributed by atoms with Crippen LogP contribution in [-0.2, 0) is 4.79 Å². The molecular formula is C12H12F4N2O2. The molecule has 0 unspecified atom stereocenters. The molecule has 8 heteroatoms. The minimum atomic E-state index is -3.99. The van der Waals surface area contributed by atoms with Crippen molar-refractivity contribution in [2.45, 2.75) is 30.8 Å². The van der Waals surface area contributed by atoms with Crippen molar-refractivity contribution in [3.05, 3.63) is 29.8 Å². The van der Waals surface area contributed by atoms with E-state index in [1.807, 2.05) is 5.43 Å². The van der Waals surface area contributed by atoms with Gasteiger partial charge in [0, 0.05) is 6.07 Å². The molecule has 3 N–H and O–H groups in total. The van der Waals surface area contributed by atoms with Crippen molar-refractivity contribution in [2.75, 3.05) is 5.43 Å². The highest BCUT2D eigenvalue weighted by Crippen LogP contribution is 2.44. The summed E-state index contributed by atoms with van der Waals surface area (Å²) in [5.74, 6) is -7.65. The predicted octanol–water partition coefficient (Wildman–Crippen LogP) is 1.96. The lowest BCUT2D eigenvalue weighted by Crippen LogP contribution is -2.61. The average molecular weight is 292 g/mol. The Kier molecular flexibility index (Phi) is 3.59. The van der Waals surface area contributed by atoms with Gasteiger partial charge < -0.3 is 5.11 Å². The fourth-order valence-electron chi connectivity index (χ4n) is 1.83. The first-order chi connectivity index (χ1) is 9.26. The number of hydrogen-bond donors (Lipinski definition) is 3. The zero-order valence-electron chi connectivity index (χ0n) is 10.2. The topological polar surface area (TPSA) is 61.4 Å². The SMILES string of the molecule is O=C(NNc1ccc(F)cc1F)C(F)(F)C1(O)CCC1. The number of hydrogen-bond acceptors (Lipinski definition) is 3. The molecule has 1 aliphatic rings. The summed E-state index contributed by atoms with van der Waals surface area (Å²) in [5, 5.41) is 9.53. The Labute approximate surface area is 111 Å². The highest BCUT2D eigenvalue weighted by molar-refractivity contribution is 5.86. The smallest absolute Gasteiger partial charge is 0.354 e. The molecule has 0 aliphatic heterocycles. The molecule has 1 aliphatic carbocycles. The second kappa shape index (κ2) is 4.93. The van der Waals surface area contributed by atoms with Gasteiger partial charge in [-0.05, 0) is 31.4 Å². The first kappa shape index (κ1) is 14.6. The Morgan fingerprint density at radius 3 is 2.45 bits per heavy atom. The molecule has 1 saturated carbocycles. The summed E-state index contributed by atoms with van der Waals surface area (Å²) in [6.07, 6.45) is 0.0377. The van der Waals surface area contributed by atoms with Gasteiger partial charge in [-0.1, -0.05) is 0 Å². The van der Waals surface area contributed by atoms with E-state index in [0.717, 1.165) is 12.1 Å². The van der Waals surface area contributed by atoms with Crippen LogP contribution in [0.4, 0.5) is 23.2 Å². The van der Waals surface area contributed by atoms with Gasteiger partial charge in [0.25, 0.3) is 0 Å². The minimum Gasteiger partial charge on any atom is -0.383 e. The summed E-state index contributed by atoms with van der Waals surface area (Å²) in [4.78, 5) is 11.4. The lowest BCUT2D eigenvalue weighted by Gasteiger charge is -2.41. The van der Waals surface area contributed by atoms with Gasteiger partial charge in [0.15, 0.2) is 5.82 Å². The second-order valence-electron chi connectivity index (χ2n) is 4.66. The maximum atomic E-state index is 13.7. The van der Waals surface area contributed by atoms with Crippen molar-refractivity contribution < 1.29 is 27.5 Å². The first-order valence-electron chi connectivity index (χ1n) is 5.88. The number of anilines is 1. The molecule has 0 bridgehead atoms. The molecule has 1 aromatic rings. The molecule has 0 radical (unpaired) electrons. The highest BCUT2D eigenvalue weighted by atomic mass is 19.3. The number of benzene rings is 1. The fourth-order valence-corrected chi connectivity index (χ4v) is 1.83. The summed E-state index contributed by atoms with van der Waals surface area (Å²) >= 11 is 0. The summed E-state index contributed by atoms with van der Waals surface area (Å²) < 4.78 is 53.2. The lowest BCUT2D eigenvalue weighted by molar-refractivity contribution is -0.215. The Morgan fingerprint density at radius 2 is 1.95 bits per heavy atom. The third kappa shape index (κ3) is 2.43. The van der Waals surface area contributed by atoms with Gasteiger partial charge in [-0.2, -0.15) is 8.78 Å². The number of carbonyl (C=O) groups is 1. The number of hydrazine groups is 1. The summed E-state index contributed by atoms with van der Waals surface area (Å²) in [6, 6.07) is 2.38. The maximum Gasteiger partial charge on any atom is 0.354 e. The van der Waals surface area contributed by atoms with E-state index in [4.69, 9.17) is 0 Å².